The maximum atomic E-state index is 11.2. The highest BCUT2D eigenvalue weighted by molar-refractivity contribution is 7.85. The lowest BCUT2D eigenvalue weighted by atomic mass is 10.1. The maximum absolute atomic E-state index is 11.2. The smallest absolute Gasteiger partial charge is 0.317 e. The second-order valence-electron chi connectivity index (χ2n) is 4.30. The average Bonchev–Trinajstić information content (AvgIpc) is 2.68. The summed E-state index contributed by atoms with van der Waals surface area (Å²) in [6.07, 6.45) is 2.00. The fraction of sp³-hybridized carbons (Fsp3) is 0.900. The van der Waals surface area contributed by atoms with Crippen LogP contribution in [0.15, 0.2) is 0 Å². The molecule has 0 unspecified atom stereocenters. The van der Waals surface area contributed by atoms with Crippen LogP contribution in [0.3, 0.4) is 0 Å². The molecule has 0 aromatic heterocycles. The highest BCUT2D eigenvalue weighted by Gasteiger charge is 2.20. The number of nitrogens with one attached hydrogen (secondary N) is 2. The molecule has 6 heteroatoms. The quantitative estimate of drug-likeness (QED) is 0.703. The Kier molecular flexibility index (Phi) is 4.17. The van der Waals surface area contributed by atoms with Crippen molar-refractivity contribution in [3.8, 4) is 0 Å². The van der Waals surface area contributed by atoms with Gasteiger partial charge in [-0.25, -0.2) is 4.79 Å². The van der Waals surface area contributed by atoms with Gasteiger partial charge in [0.2, 0.25) is 0 Å². The number of urea groups is 1. The Morgan fingerprint density at radius 3 is 2.81 bits per heavy atom. The second-order valence-corrected chi connectivity index (χ2v) is 5.99. The van der Waals surface area contributed by atoms with E-state index in [0.29, 0.717) is 6.04 Å². The van der Waals surface area contributed by atoms with Gasteiger partial charge in [-0.15, -0.1) is 0 Å². The molecule has 2 heterocycles. The highest BCUT2D eigenvalue weighted by atomic mass is 32.2. The van der Waals surface area contributed by atoms with Gasteiger partial charge in [0, 0.05) is 54.5 Å². The SMILES string of the molecule is O=C1NCCN1CCNC1CCS(=O)CC1. The predicted molar refractivity (Wildman–Crippen MR) is 63.9 cm³/mol. The molecule has 0 aliphatic carbocycles. The molecule has 0 radical (unpaired) electrons. The van der Waals surface area contributed by atoms with Crippen molar-refractivity contribution in [3.63, 3.8) is 0 Å². The van der Waals surface area contributed by atoms with Gasteiger partial charge in [0.25, 0.3) is 0 Å². The molecule has 2 saturated heterocycles. The molecule has 0 aromatic carbocycles. The van der Waals surface area contributed by atoms with Crippen molar-refractivity contribution in [1.82, 2.24) is 15.5 Å². The van der Waals surface area contributed by atoms with E-state index in [1.807, 2.05) is 4.90 Å². The zero-order chi connectivity index (χ0) is 11.4. The van der Waals surface area contributed by atoms with Gasteiger partial charge in [-0.2, -0.15) is 0 Å². The monoisotopic (exact) mass is 245 g/mol. The Balaban J connectivity index is 1.61. The van der Waals surface area contributed by atoms with Crippen molar-refractivity contribution >= 4 is 16.8 Å². The van der Waals surface area contributed by atoms with Crippen molar-refractivity contribution in [2.45, 2.75) is 18.9 Å². The molecule has 2 aliphatic heterocycles. The van der Waals surface area contributed by atoms with Crippen LogP contribution in [-0.2, 0) is 10.8 Å². The van der Waals surface area contributed by atoms with Crippen LogP contribution in [-0.4, -0.2) is 58.9 Å². The first-order chi connectivity index (χ1) is 7.75. The minimum atomic E-state index is -0.589. The van der Waals surface area contributed by atoms with E-state index < -0.39 is 10.8 Å². The van der Waals surface area contributed by atoms with Gasteiger partial charge in [-0.05, 0) is 12.8 Å². The molecule has 0 saturated carbocycles. The molecule has 2 aliphatic rings. The number of nitrogens with zero attached hydrogens (tertiary/aromatic N) is 1. The summed E-state index contributed by atoms with van der Waals surface area (Å²) in [5.41, 5.74) is 0. The second kappa shape index (κ2) is 5.63. The van der Waals surface area contributed by atoms with Crippen LogP contribution in [0.5, 0.6) is 0 Å². The predicted octanol–water partition coefficient (Wildman–Crippen LogP) is -0.488. The topological polar surface area (TPSA) is 61.4 Å². The van der Waals surface area contributed by atoms with Crippen molar-refractivity contribution in [2.75, 3.05) is 37.7 Å². The Hall–Kier alpha value is -0.620. The summed E-state index contributed by atoms with van der Waals surface area (Å²) in [6, 6.07) is 0.537. The first kappa shape index (κ1) is 11.9. The Labute approximate surface area is 98.4 Å². The van der Waals surface area contributed by atoms with Crippen LogP contribution in [0.4, 0.5) is 4.79 Å². The molecule has 0 aromatic rings. The molecule has 5 nitrogen and oxygen atoms in total. The van der Waals surface area contributed by atoms with Crippen molar-refractivity contribution < 1.29 is 9.00 Å². The molecule has 2 rings (SSSR count). The lowest BCUT2D eigenvalue weighted by molar-refractivity contribution is 0.216. The number of rotatable bonds is 4. The van der Waals surface area contributed by atoms with E-state index in [-0.39, 0.29) is 6.03 Å². The van der Waals surface area contributed by atoms with Gasteiger partial charge in [0.1, 0.15) is 0 Å². The Bertz CT molecular complexity index is 275. The summed E-state index contributed by atoms with van der Waals surface area (Å²) < 4.78 is 11.2. The van der Waals surface area contributed by atoms with Gasteiger partial charge in [0.05, 0.1) is 0 Å². The standard InChI is InChI=1S/C10H19N3O2S/c14-10-12-4-6-13(10)5-3-11-9-1-7-16(15)8-2-9/h9,11H,1-8H2,(H,12,14). The number of carbonyl (C=O) groups is 1. The molecule has 2 amide bonds. The van der Waals surface area contributed by atoms with E-state index in [0.717, 1.165) is 50.5 Å². The summed E-state index contributed by atoms with van der Waals surface area (Å²) >= 11 is 0. The molecular weight excluding hydrogens is 226 g/mol. The summed E-state index contributed by atoms with van der Waals surface area (Å²) in [5.74, 6) is 1.64. The van der Waals surface area contributed by atoms with Crippen LogP contribution in [0, 0.1) is 0 Å². The van der Waals surface area contributed by atoms with E-state index in [2.05, 4.69) is 10.6 Å². The fourth-order valence-corrected chi connectivity index (χ4v) is 3.42. The van der Waals surface area contributed by atoms with Crippen LogP contribution in [0.25, 0.3) is 0 Å². The molecule has 16 heavy (non-hydrogen) atoms. The molecule has 2 fully saturated rings. The normalized spacial score (nSPS) is 30.5. The summed E-state index contributed by atoms with van der Waals surface area (Å²) in [5, 5.41) is 6.22. The third kappa shape index (κ3) is 3.18. The van der Waals surface area contributed by atoms with Crippen LogP contribution >= 0.6 is 0 Å². The molecule has 2 N–H and O–H groups in total. The number of carbonyl (C=O) groups excluding carboxylic acids is 1. The van der Waals surface area contributed by atoms with Crippen LogP contribution < -0.4 is 10.6 Å². The largest absolute Gasteiger partial charge is 0.336 e. The average molecular weight is 245 g/mol. The zero-order valence-electron chi connectivity index (χ0n) is 9.41. The van der Waals surface area contributed by atoms with E-state index in [1.54, 1.807) is 0 Å². The van der Waals surface area contributed by atoms with Crippen molar-refractivity contribution in [2.24, 2.45) is 0 Å². The van der Waals surface area contributed by atoms with E-state index in [9.17, 15) is 9.00 Å². The van der Waals surface area contributed by atoms with Crippen molar-refractivity contribution in [1.29, 1.82) is 0 Å². The molecule has 0 atom stereocenters. The number of amides is 2. The molecule has 92 valence electrons. The highest BCUT2D eigenvalue weighted by Crippen LogP contribution is 2.08. The lowest BCUT2D eigenvalue weighted by Gasteiger charge is -2.23. The molecule has 0 bridgehead atoms. The molecule has 0 spiro atoms. The first-order valence-electron chi connectivity index (χ1n) is 5.87. The third-order valence-electron chi connectivity index (χ3n) is 3.15. The van der Waals surface area contributed by atoms with Gasteiger partial charge in [-0.1, -0.05) is 0 Å². The zero-order valence-corrected chi connectivity index (χ0v) is 10.2. The van der Waals surface area contributed by atoms with Gasteiger partial charge in [-0.3, -0.25) is 4.21 Å². The summed E-state index contributed by atoms with van der Waals surface area (Å²) in [6.45, 7) is 3.19. The Morgan fingerprint density at radius 2 is 2.19 bits per heavy atom. The minimum Gasteiger partial charge on any atom is -0.336 e. The van der Waals surface area contributed by atoms with E-state index >= 15 is 0 Å². The van der Waals surface area contributed by atoms with E-state index in [1.165, 1.54) is 0 Å². The van der Waals surface area contributed by atoms with Gasteiger partial charge in [0.15, 0.2) is 0 Å². The number of hydrogen-bond donors (Lipinski definition) is 2. The van der Waals surface area contributed by atoms with E-state index in [4.69, 9.17) is 0 Å². The number of hydrogen-bond acceptors (Lipinski definition) is 3. The minimum absolute atomic E-state index is 0.0477. The van der Waals surface area contributed by atoms with Gasteiger partial charge < -0.3 is 15.5 Å². The van der Waals surface area contributed by atoms with Gasteiger partial charge >= 0.3 is 6.03 Å². The van der Waals surface area contributed by atoms with Crippen LogP contribution in [0.1, 0.15) is 12.8 Å². The lowest BCUT2D eigenvalue weighted by Crippen LogP contribution is -2.41. The fourth-order valence-electron chi connectivity index (χ4n) is 2.13. The summed E-state index contributed by atoms with van der Waals surface area (Å²) in [4.78, 5) is 13.1. The Morgan fingerprint density at radius 1 is 1.44 bits per heavy atom. The molecular formula is C10H19N3O2S. The van der Waals surface area contributed by atoms with Crippen LogP contribution in [0.2, 0.25) is 0 Å². The summed E-state index contributed by atoms with van der Waals surface area (Å²) in [7, 11) is -0.589. The maximum Gasteiger partial charge on any atom is 0.317 e. The van der Waals surface area contributed by atoms with Crippen molar-refractivity contribution in [3.05, 3.63) is 0 Å². The third-order valence-corrected chi connectivity index (χ3v) is 4.53. The first-order valence-corrected chi connectivity index (χ1v) is 7.35.